The Morgan fingerprint density at radius 3 is 2.85 bits per heavy atom. The highest BCUT2D eigenvalue weighted by Gasteiger charge is 2.31. The predicted molar refractivity (Wildman–Crippen MR) is 90.1 cm³/mol. The van der Waals surface area contributed by atoms with E-state index in [2.05, 4.69) is 65.2 Å². The van der Waals surface area contributed by atoms with Gasteiger partial charge in [-0.3, -0.25) is 4.90 Å². The van der Waals surface area contributed by atoms with Crippen molar-refractivity contribution in [2.24, 2.45) is 5.92 Å². The van der Waals surface area contributed by atoms with Gasteiger partial charge in [-0.15, -0.1) is 0 Å². The molecule has 1 saturated heterocycles. The smallest absolute Gasteiger partial charge is 0.0388 e. The lowest BCUT2D eigenvalue weighted by atomic mass is 9.84. The van der Waals surface area contributed by atoms with Gasteiger partial charge in [-0.1, -0.05) is 35.0 Å². The average Bonchev–Trinajstić information content (AvgIpc) is 2.43. The minimum Gasteiger partial charge on any atom is -0.319 e. The Morgan fingerprint density at radius 1 is 1.40 bits per heavy atom. The van der Waals surface area contributed by atoms with E-state index < -0.39 is 0 Å². The summed E-state index contributed by atoms with van der Waals surface area (Å²) in [5.41, 5.74) is 2.78. The fraction of sp³-hybridized carbons (Fsp3) is 0.647. The predicted octanol–water partition coefficient (Wildman–Crippen LogP) is 4.14. The van der Waals surface area contributed by atoms with Crippen LogP contribution in [0.1, 0.15) is 43.4 Å². The van der Waals surface area contributed by atoms with Crippen LogP contribution < -0.4 is 5.32 Å². The normalized spacial score (nSPS) is 24.0. The molecule has 20 heavy (non-hydrogen) atoms. The second-order valence-corrected chi connectivity index (χ2v) is 6.80. The summed E-state index contributed by atoms with van der Waals surface area (Å²) in [6.45, 7) is 7.99. The highest BCUT2D eigenvalue weighted by Crippen LogP contribution is 2.37. The summed E-state index contributed by atoms with van der Waals surface area (Å²) < 4.78 is 1.24. The van der Waals surface area contributed by atoms with Crippen molar-refractivity contribution in [3.63, 3.8) is 0 Å². The van der Waals surface area contributed by atoms with Crippen LogP contribution in [-0.4, -0.2) is 31.6 Å². The molecule has 1 N–H and O–H groups in total. The molecule has 0 aliphatic carbocycles. The van der Waals surface area contributed by atoms with E-state index in [0.717, 1.165) is 12.5 Å². The van der Waals surface area contributed by atoms with E-state index in [1.165, 1.54) is 48.0 Å². The van der Waals surface area contributed by atoms with Crippen molar-refractivity contribution in [1.82, 2.24) is 10.2 Å². The molecule has 0 saturated carbocycles. The number of rotatable bonds is 5. The van der Waals surface area contributed by atoms with Gasteiger partial charge in [-0.05, 0) is 76.0 Å². The molecule has 2 rings (SSSR count). The quantitative estimate of drug-likeness (QED) is 0.867. The van der Waals surface area contributed by atoms with E-state index in [-0.39, 0.29) is 0 Å². The van der Waals surface area contributed by atoms with Crippen LogP contribution in [0.25, 0.3) is 0 Å². The number of halogens is 1. The minimum atomic E-state index is 0.563. The lowest BCUT2D eigenvalue weighted by Crippen LogP contribution is -2.42. The van der Waals surface area contributed by atoms with Crippen LogP contribution in [0.2, 0.25) is 0 Å². The topological polar surface area (TPSA) is 15.3 Å². The Morgan fingerprint density at radius 2 is 2.20 bits per heavy atom. The number of likely N-dealkylation sites (tertiary alicyclic amines) is 1. The van der Waals surface area contributed by atoms with Gasteiger partial charge >= 0.3 is 0 Å². The molecule has 0 radical (unpaired) electrons. The van der Waals surface area contributed by atoms with Crippen molar-refractivity contribution in [1.29, 1.82) is 0 Å². The Bertz CT molecular complexity index is 415. The molecule has 0 amide bonds. The van der Waals surface area contributed by atoms with Gasteiger partial charge in [-0.25, -0.2) is 0 Å². The van der Waals surface area contributed by atoms with E-state index in [0.29, 0.717) is 6.04 Å². The molecule has 1 aliphatic heterocycles. The van der Waals surface area contributed by atoms with Crippen molar-refractivity contribution in [3.8, 4) is 0 Å². The van der Waals surface area contributed by atoms with E-state index in [9.17, 15) is 0 Å². The highest BCUT2D eigenvalue weighted by molar-refractivity contribution is 9.10. The van der Waals surface area contributed by atoms with Crippen molar-refractivity contribution in [2.75, 3.05) is 26.7 Å². The zero-order chi connectivity index (χ0) is 14.5. The summed E-state index contributed by atoms with van der Waals surface area (Å²) in [5, 5.41) is 3.39. The van der Waals surface area contributed by atoms with Gasteiger partial charge in [0.1, 0.15) is 0 Å². The molecule has 1 aromatic carbocycles. The van der Waals surface area contributed by atoms with Crippen LogP contribution >= 0.6 is 15.9 Å². The number of nitrogens with one attached hydrogen (secondary N) is 1. The maximum Gasteiger partial charge on any atom is 0.0388 e. The van der Waals surface area contributed by atoms with Crippen LogP contribution in [0.4, 0.5) is 0 Å². The molecule has 0 bridgehead atoms. The molecule has 0 spiro atoms. The zero-order valence-corrected chi connectivity index (χ0v) is 14.5. The zero-order valence-electron chi connectivity index (χ0n) is 13.0. The van der Waals surface area contributed by atoms with E-state index in [1.807, 2.05) is 0 Å². The van der Waals surface area contributed by atoms with Gasteiger partial charge in [0.15, 0.2) is 0 Å². The first-order valence-corrected chi connectivity index (χ1v) is 8.61. The first kappa shape index (κ1) is 16.0. The minimum absolute atomic E-state index is 0.563. The van der Waals surface area contributed by atoms with E-state index in [1.54, 1.807) is 0 Å². The Labute approximate surface area is 132 Å². The second-order valence-electron chi connectivity index (χ2n) is 5.95. The molecule has 1 fully saturated rings. The summed E-state index contributed by atoms with van der Waals surface area (Å²) in [6, 6.07) is 7.46. The van der Waals surface area contributed by atoms with Crippen LogP contribution in [0.3, 0.4) is 0 Å². The fourth-order valence-corrected chi connectivity index (χ4v) is 3.84. The largest absolute Gasteiger partial charge is 0.319 e. The van der Waals surface area contributed by atoms with Crippen molar-refractivity contribution < 1.29 is 0 Å². The number of hydrogen-bond donors (Lipinski definition) is 1. The molecule has 3 heteroatoms. The van der Waals surface area contributed by atoms with Gasteiger partial charge in [0.2, 0.25) is 0 Å². The third-order valence-corrected chi connectivity index (χ3v) is 5.23. The lowest BCUT2D eigenvalue weighted by Gasteiger charge is -2.42. The van der Waals surface area contributed by atoms with E-state index >= 15 is 0 Å². The second kappa shape index (κ2) is 7.58. The van der Waals surface area contributed by atoms with Gasteiger partial charge in [0.05, 0.1) is 0 Å². The van der Waals surface area contributed by atoms with Crippen molar-refractivity contribution >= 4 is 15.9 Å². The van der Waals surface area contributed by atoms with Gasteiger partial charge in [0.25, 0.3) is 0 Å². The van der Waals surface area contributed by atoms with Gasteiger partial charge < -0.3 is 5.32 Å². The first-order valence-electron chi connectivity index (χ1n) is 7.82. The maximum atomic E-state index is 3.70. The van der Waals surface area contributed by atoms with Gasteiger partial charge in [0, 0.05) is 10.5 Å². The van der Waals surface area contributed by atoms with Crippen LogP contribution in [0.5, 0.6) is 0 Å². The SMILES string of the molecule is CCCN1CCCC(CNC)C1c1ccc(C)c(Br)c1. The molecular weight excluding hydrogens is 312 g/mol. The summed E-state index contributed by atoms with van der Waals surface area (Å²) in [4.78, 5) is 2.68. The molecule has 1 heterocycles. The molecule has 1 aliphatic rings. The number of benzene rings is 1. The van der Waals surface area contributed by atoms with Crippen molar-refractivity contribution in [3.05, 3.63) is 33.8 Å². The number of hydrogen-bond acceptors (Lipinski definition) is 2. The molecule has 2 atom stereocenters. The summed E-state index contributed by atoms with van der Waals surface area (Å²) in [6.07, 6.45) is 3.89. The highest BCUT2D eigenvalue weighted by atomic mass is 79.9. The summed E-state index contributed by atoms with van der Waals surface area (Å²) in [7, 11) is 2.07. The fourth-order valence-electron chi connectivity index (χ4n) is 3.44. The average molecular weight is 339 g/mol. The Balaban J connectivity index is 2.29. The molecule has 2 nitrogen and oxygen atoms in total. The molecule has 0 aromatic heterocycles. The monoisotopic (exact) mass is 338 g/mol. The Hall–Kier alpha value is -0.380. The molecule has 2 unspecified atom stereocenters. The number of nitrogens with zero attached hydrogens (tertiary/aromatic N) is 1. The van der Waals surface area contributed by atoms with Crippen molar-refractivity contribution in [2.45, 2.75) is 39.2 Å². The standard InChI is InChI=1S/C17H27BrN2/c1-4-9-20-10-5-6-15(12-19-3)17(20)14-8-7-13(2)16(18)11-14/h7-8,11,15,17,19H,4-6,9-10,12H2,1-3H3. The molecule has 112 valence electrons. The lowest BCUT2D eigenvalue weighted by molar-refractivity contribution is 0.0924. The van der Waals surface area contributed by atoms with Crippen LogP contribution in [0, 0.1) is 12.8 Å². The Kier molecular flexibility index (Phi) is 6.06. The van der Waals surface area contributed by atoms with E-state index in [4.69, 9.17) is 0 Å². The molecule has 1 aromatic rings. The summed E-state index contributed by atoms with van der Waals surface area (Å²) >= 11 is 3.70. The third kappa shape index (κ3) is 3.63. The number of piperidine rings is 1. The third-order valence-electron chi connectivity index (χ3n) is 4.37. The number of aryl methyl sites for hydroxylation is 1. The van der Waals surface area contributed by atoms with Crippen LogP contribution in [-0.2, 0) is 0 Å². The van der Waals surface area contributed by atoms with Gasteiger partial charge in [-0.2, -0.15) is 0 Å². The molecular formula is C17H27BrN2. The first-order chi connectivity index (χ1) is 9.67. The maximum absolute atomic E-state index is 3.70. The van der Waals surface area contributed by atoms with Crippen LogP contribution in [0.15, 0.2) is 22.7 Å². The summed E-state index contributed by atoms with van der Waals surface area (Å²) in [5.74, 6) is 0.718.